The summed E-state index contributed by atoms with van der Waals surface area (Å²) in [6, 6.07) is -1.65. The Morgan fingerprint density at radius 1 is 0.973 bits per heavy atom. The Labute approximate surface area is 218 Å². The van der Waals surface area contributed by atoms with Crippen LogP contribution in [0.3, 0.4) is 0 Å². The lowest BCUT2D eigenvalue weighted by Gasteiger charge is -2.56. The van der Waals surface area contributed by atoms with Gasteiger partial charge in [0.15, 0.2) is 0 Å². The van der Waals surface area contributed by atoms with Crippen molar-refractivity contribution < 1.29 is 41.7 Å². The fourth-order valence-corrected chi connectivity index (χ4v) is 6.40. The maximum Gasteiger partial charge on any atom is 0.403 e. The van der Waals surface area contributed by atoms with Crippen LogP contribution >= 0.6 is 11.6 Å². The quantitative estimate of drug-likeness (QED) is 0.269. The Hall–Kier alpha value is -1.21. The third-order valence-electron chi connectivity index (χ3n) is 8.41. The van der Waals surface area contributed by atoms with E-state index in [1.807, 2.05) is 0 Å². The molecule has 0 aromatic carbocycles. The molecule has 0 radical (unpaired) electrons. The van der Waals surface area contributed by atoms with Crippen molar-refractivity contribution in [2.75, 3.05) is 19.8 Å². The van der Waals surface area contributed by atoms with E-state index in [4.69, 9.17) is 21.1 Å². The molecule has 4 N–H and O–H groups in total. The van der Waals surface area contributed by atoms with Crippen molar-refractivity contribution in [3.05, 3.63) is 0 Å². The molecular formula is C24H36ClF4N3O5. The highest BCUT2D eigenvalue weighted by molar-refractivity contribution is 6.21. The number of fused-ring (bicyclic) bond motifs is 3. The Morgan fingerprint density at radius 3 is 2.19 bits per heavy atom. The molecule has 5 unspecified atom stereocenters. The van der Waals surface area contributed by atoms with Crippen LogP contribution in [0.25, 0.3) is 0 Å². The first-order chi connectivity index (χ1) is 17.4. The van der Waals surface area contributed by atoms with Crippen molar-refractivity contribution in [1.29, 1.82) is 0 Å². The van der Waals surface area contributed by atoms with E-state index in [0.717, 1.165) is 0 Å². The predicted molar refractivity (Wildman–Crippen MR) is 126 cm³/mol. The first-order valence-corrected chi connectivity index (χ1v) is 13.4. The molecule has 1 aliphatic heterocycles. The lowest BCUT2D eigenvalue weighted by Crippen LogP contribution is -2.70. The first-order valence-electron chi connectivity index (χ1n) is 13.0. The molecule has 2 amide bonds. The van der Waals surface area contributed by atoms with E-state index in [2.05, 4.69) is 16.0 Å². The molecule has 5 fully saturated rings. The summed E-state index contributed by atoms with van der Waals surface area (Å²) in [7, 11) is 0. The van der Waals surface area contributed by atoms with Gasteiger partial charge in [-0.3, -0.25) is 9.59 Å². The molecule has 5 aliphatic rings. The van der Waals surface area contributed by atoms with Crippen LogP contribution in [-0.2, 0) is 19.1 Å². The van der Waals surface area contributed by atoms with E-state index in [-0.39, 0.29) is 51.0 Å². The fraction of sp³-hybridized carbons (Fsp3) is 0.917. The first kappa shape index (κ1) is 28.8. The van der Waals surface area contributed by atoms with Gasteiger partial charge in [0.25, 0.3) is 0 Å². The molecular weight excluding hydrogens is 522 g/mol. The number of aliphatic hydroxyl groups excluding tert-OH is 1. The molecule has 1 heterocycles. The zero-order chi connectivity index (χ0) is 26.8. The minimum Gasteiger partial charge on any atom is -0.391 e. The highest BCUT2D eigenvalue weighted by Crippen LogP contribution is 2.47. The summed E-state index contributed by atoms with van der Waals surface area (Å²) < 4.78 is 63.7. The lowest BCUT2D eigenvalue weighted by atomic mass is 9.60. The summed E-state index contributed by atoms with van der Waals surface area (Å²) in [5.74, 6) is -0.813. The topological polar surface area (TPSA) is 109 Å². The number of halogens is 5. The minimum atomic E-state index is -4.37. The summed E-state index contributed by atoms with van der Waals surface area (Å²) >= 11 is 5.89. The van der Waals surface area contributed by atoms with Crippen LogP contribution in [0.1, 0.15) is 64.2 Å². The maximum atomic E-state index is 13.8. The molecule has 4 aliphatic carbocycles. The van der Waals surface area contributed by atoms with Gasteiger partial charge in [0, 0.05) is 12.0 Å². The van der Waals surface area contributed by atoms with Crippen molar-refractivity contribution in [3.63, 3.8) is 0 Å². The predicted octanol–water partition coefficient (Wildman–Crippen LogP) is 2.25. The van der Waals surface area contributed by atoms with Gasteiger partial charge < -0.3 is 30.5 Å². The number of carbonyl (C=O) groups is 2. The van der Waals surface area contributed by atoms with Gasteiger partial charge in [-0.2, -0.15) is 13.2 Å². The normalized spacial score (nSPS) is 40.3. The van der Waals surface area contributed by atoms with E-state index < -0.39 is 53.0 Å². The molecule has 0 aromatic rings. The van der Waals surface area contributed by atoms with Crippen LogP contribution in [-0.4, -0.2) is 89.8 Å². The van der Waals surface area contributed by atoms with Crippen LogP contribution in [0.2, 0.25) is 0 Å². The average Bonchev–Trinajstić information content (AvgIpc) is 2.84. The second kappa shape index (κ2) is 11.5. The van der Waals surface area contributed by atoms with Gasteiger partial charge in [-0.1, -0.05) is 0 Å². The fourth-order valence-electron chi connectivity index (χ4n) is 6.17. The number of aliphatic hydroxyl groups is 1. The molecule has 2 bridgehead atoms. The second-order valence-corrected chi connectivity index (χ2v) is 11.6. The van der Waals surface area contributed by atoms with Gasteiger partial charge in [-0.15, -0.1) is 11.6 Å². The molecule has 212 valence electrons. The molecule has 5 rings (SSSR count). The number of alkyl halides is 5. The number of hydrogen-bond acceptors (Lipinski definition) is 6. The molecule has 8 nitrogen and oxygen atoms in total. The molecule has 4 saturated carbocycles. The summed E-state index contributed by atoms with van der Waals surface area (Å²) in [6.45, 7) is -0.426. The van der Waals surface area contributed by atoms with Crippen LogP contribution < -0.4 is 16.0 Å². The van der Waals surface area contributed by atoms with Crippen molar-refractivity contribution in [2.24, 2.45) is 0 Å². The van der Waals surface area contributed by atoms with Gasteiger partial charge in [0.2, 0.25) is 11.8 Å². The van der Waals surface area contributed by atoms with Gasteiger partial charge in [0.1, 0.15) is 25.4 Å². The number of piperidine rings is 1. The van der Waals surface area contributed by atoms with E-state index in [1.54, 1.807) is 0 Å². The molecule has 37 heavy (non-hydrogen) atoms. The Kier molecular flexibility index (Phi) is 8.94. The van der Waals surface area contributed by atoms with Gasteiger partial charge >= 0.3 is 6.18 Å². The van der Waals surface area contributed by atoms with Gasteiger partial charge in [-0.05, 0) is 64.3 Å². The minimum absolute atomic E-state index is 0.156. The SMILES string of the molecule is O=C(COC1CCC(Cl)C(F)C1)NC12CCC(NC(=O)COC3CCNC(C(F)(F)F)C3)(CC1)[C@@H](O)C2. The van der Waals surface area contributed by atoms with Crippen LogP contribution in [0.4, 0.5) is 17.6 Å². The largest absolute Gasteiger partial charge is 0.403 e. The number of rotatable bonds is 8. The van der Waals surface area contributed by atoms with E-state index in [9.17, 15) is 32.3 Å². The van der Waals surface area contributed by atoms with E-state index >= 15 is 0 Å². The summed E-state index contributed by atoms with van der Waals surface area (Å²) in [6.07, 6.45) is -3.86. The van der Waals surface area contributed by atoms with Crippen molar-refractivity contribution in [1.82, 2.24) is 16.0 Å². The summed E-state index contributed by atoms with van der Waals surface area (Å²) in [5, 5.41) is 18.6. The van der Waals surface area contributed by atoms with Gasteiger partial charge in [0.05, 0.1) is 29.2 Å². The number of nitrogens with one attached hydrogen (secondary N) is 3. The maximum absolute atomic E-state index is 13.8. The molecule has 13 heteroatoms. The lowest BCUT2D eigenvalue weighted by molar-refractivity contribution is -0.171. The highest BCUT2D eigenvalue weighted by Gasteiger charge is 2.55. The highest BCUT2D eigenvalue weighted by atomic mass is 35.5. The molecule has 6 atom stereocenters. The third kappa shape index (κ3) is 7.06. The standard InChI is InChI=1S/C24H36ClF4N3O5/c25-16-2-1-14(9-17(16)26)36-12-20(34)31-22-4-6-23(7-5-22,19(33)11-22)32-21(35)13-37-15-3-8-30-18(10-15)24(27,28)29/h14-19,30,33H,1-13H2,(H,31,34)(H,32,35)/t14?,15?,16?,17?,18?,19-,22?,23?/m0/s1. The Balaban J connectivity index is 1.21. The molecule has 1 saturated heterocycles. The molecule has 0 aromatic heterocycles. The number of hydrogen-bond donors (Lipinski definition) is 4. The Morgan fingerprint density at radius 2 is 1.59 bits per heavy atom. The molecule has 0 spiro atoms. The van der Waals surface area contributed by atoms with Crippen molar-refractivity contribution in [2.45, 2.75) is 117 Å². The average molecular weight is 558 g/mol. The summed E-state index contributed by atoms with van der Waals surface area (Å²) in [5.41, 5.74) is -1.47. The van der Waals surface area contributed by atoms with Crippen LogP contribution in [0.5, 0.6) is 0 Å². The van der Waals surface area contributed by atoms with Gasteiger partial charge in [-0.25, -0.2) is 4.39 Å². The third-order valence-corrected chi connectivity index (χ3v) is 8.90. The van der Waals surface area contributed by atoms with E-state index in [0.29, 0.717) is 44.9 Å². The van der Waals surface area contributed by atoms with Crippen molar-refractivity contribution in [3.8, 4) is 0 Å². The number of ether oxygens (including phenoxy) is 2. The van der Waals surface area contributed by atoms with Crippen LogP contribution in [0.15, 0.2) is 0 Å². The number of carbonyl (C=O) groups excluding carboxylic acids is 2. The zero-order valence-corrected chi connectivity index (χ0v) is 21.4. The second-order valence-electron chi connectivity index (χ2n) is 11.0. The van der Waals surface area contributed by atoms with Crippen LogP contribution in [0, 0.1) is 0 Å². The van der Waals surface area contributed by atoms with E-state index in [1.165, 1.54) is 0 Å². The smallest absolute Gasteiger partial charge is 0.391 e. The number of amides is 2. The zero-order valence-electron chi connectivity index (χ0n) is 20.6. The summed E-state index contributed by atoms with van der Waals surface area (Å²) in [4.78, 5) is 25.2. The van der Waals surface area contributed by atoms with Crippen molar-refractivity contribution >= 4 is 23.4 Å². The Bertz CT molecular complexity index is 827. The monoisotopic (exact) mass is 557 g/mol.